The molecule has 0 spiro atoms. The Bertz CT molecular complexity index is 856. The highest BCUT2D eigenvalue weighted by atomic mass is 16.2. The number of aromatic nitrogens is 2. The fourth-order valence-electron chi connectivity index (χ4n) is 5.74. The first-order valence-corrected chi connectivity index (χ1v) is 11.9. The van der Waals surface area contributed by atoms with Crippen molar-refractivity contribution in [1.82, 2.24) is 15.1 Å². The normalized spacial score (nSPS) is 22.7. The summed E-state index contributed by atoms with van der Waals surface area (Å²) >= 11 is 0. The SMILES string of the molecule is O=C(C1CCCCC1)N1CCCC(CN2CCc3cc(-c4cn[nH]c4)ccc32)CC1. The van der Waals surface area contributed by atoms with E-state index in [0.29, 0.717) is 17.7 Å². The van der Waals surface area contributed by atoms with Crippen LogP contribution in [0.15, 0.2) is 30.6 Å². The molecule has 1 unspecified atom stereocenters. The largest absolute Gasteiger partial charge is 0.371 e. The van der Waals surface area contributed by atoms with Crippen molar-refractivity contribution in [3.63, 3.8) is 0 Å². The third-order valence-electron chi connectivity index (χ3n) is 7.50. The van der Waals surface area contributed by atoms with Gasteiger partial charge < -0.3 is 9.80 Å². The van der Waals surface area contributed by atoms with E-state index < -0.39 is 0 Å². The molecule has 3 aliphatic rings. The number of anilines is 1. The van der Waals surface area contributed by atoms with Crippen molar-refractivity contribution < 1.29 is 4.79 Å². The highest BCUT2D eigenvalue weighted by Gasteiger charge is 2.29. The fourth-order valence-corrected chi connectivity index (χ4v) is 5.74. The van der Waals surface area contributed by atoms with Crippen LogP contribution in [0.4, 0.5) is 5.69 Å². The van der Waals surface area contributed by atoms with Gasteiger partial charge in [0.15, 0.2) is 0 Å². The summed E-state index contributed by atoms with van der Waals surface area (Å²) in [5, 5.41) is 6.99. The van der Waals surface area contributed by atoms with E-state index in [9.17, 15) is 4.79 Å². The van der Waals surface area contributed by atoms with Crippen LogP contribution >= 0.6 is 0 Å². The lowest BCUT2D eigenvalue weighted by Gasteiger charge is -2.29. The first-order valence-electron chi connectivity index (χ1n) is 11.9. The first-order chi connectivity index (χ1) is 14.8. The minimum absolute atomic E-state index is 0.310. The number of aromatic amines is 1. The molecule has 1 aromatic heterocycles. The number of amides is 1. The number of H-pyrrole nitrogens is 1. The van der Waals surface area contributed by atoms with Crippen molar-refractivity contribution >= 4 is 11.6 Å². The molecular weight excluding hydrogens is 372 g/mol. The molecule has 1 amide bonds. The molecule has 1 N–H and O–H groups in total. The molecule has 2 aromatic rings. The van der Waals surface area contributed by atoms with Gasteiger partial charge in [0.2, 0.25) is 5.91 Å². The minimum atomic E-state index is 0.310. The molecule has 2 aliphatic heterocycles. The zero-order valence-electron chi connectivity index (χ0n) is 18.0. The van der Waals surface area contributed by atoms with Crippen LogP contribution < -0.4 is 4.90 Å². The predicted molar refractivity (Wildman–Crippen MR) is 120 cm³/mol. The molecule has 1 saturated heterocycles. The summed E-state index contributed by atoms with van der Waals surface area (Å²) in [6.07, 6.45) is 14.5. The van der Waals surface area contributed by atoms with Crippen LogP contribution in [0.5, 0.6) is 0 Å². The molecule has 5 rings (SSSR count). The summed E-state index contributed by atoms with van der Waals surface area (Å²) in [5.41, 5.74) is 5.26. The van der Waals surface area contributed by atoms with Crippen molar-refractivity contribution in [2.24, 2.45) is 11.8 Å². The van der Waals surface area contributed by atoms with Gasteiger partial charge in [-0.05, 0) is 67.7 Å². The summed E-state index contributed by atoms with van der Waals surface area (Å²) in [6, 6.07) is 6.85. The summed E-state index contributed by atoms with van der Waals surface area (Å²) in [6.45, 7) is 4.17. The van der Waals surface area contributed by atoms with Gasteiger partial charge in [-0.3, -0.25) is 9.89 Å². The third-order valence-corrected chi connectivity index (χ3v) is 7.50. The summed E-state index contributed by atoms with van der Waals surface area (Å²) < 4.78 is 0. The molecule has 1 saturated carbocycles. The molecule has 5 heteroatoms. The van der Waals surface area contributed by atoms with Gasteiger partial charge in [-0.1, -0.05) is 25.3 Å². The maximum atomic E-state index is 13.0. The zero-order valence-corrected chi connectivity index (χ0v) is 18.0. The van der Waals surface area contributed by atoms with Crippen molar-refractivity contribution in [3.8, 4) is 11.1 Å². The van der Waals surface area contributed by atoms with Gasteiger partial charge in [0.25, 0.3) is 0 Å². The van der Waals surface area contributed by atoms with E-state index in [0.717, 1.165) is 63.8 Å². The van der Waals surface area contributed by atoms with Crippen LogP contribution in [-0.4, -0.2) is 47.2 Å². The van der Waals surface area contributed by atoms with Crippen molar-refractivity contribution in [2.75, 3.05) is 31.1 Å². The van der Waals surface area contributed by atoms with E-state index in [1.54, 1.807) is 0 Å². The topological polar surface area (TPSA) is 52.2 Å². The number of hydrogen-bond acceptors (Lipinski definition) is 3. The van der Waals surface area contributed by atoms with Gasteiger partial charge in [0.1, 0.15) is 0 Å². The fraction of sp³-hybridized carbons (Fsp3) is 0.600. The van der Waals surface area contributed by atoms with E-state index in [-0.39, 0.29) is 0 Å². The molecule has 2 fully saturated rings. The number of fused-ring (bicyclic) bond motifs is 1. The Morgan fingerprint density at radius 3 is 2.73 bits per heavy atom. The summed E-state index contributed by atoms with van der Waals surface area (Å²) in [5.74, 6) is 1.45. The van der Waals surface area contributed by atoms with Gasteiger partial charge in [-0.2, -0.15) is 5.10 Å². The van der Waals surface area contributed by atoms with Gasteiger partial charge in [-0.25, -0.2) is 0 Å². The number of nitrogens with zero attached hydrogens (tertiary/aromatic N) is 3. The Labute approximate surface area is 179 Å². The Balaban J connectivity index is 1.19. The number of carbonyl (C=O) groups is 1. The lowest BCUT2D eigenvalue weighted by atomic mass is 9.88. The second-order valence-electron chi connectivity index (χ2n) is 9.48. The van der Waals surface area contributed by atoms with E-state index in [1.807, 2.05) is 12.4 Å². The maximum Gasteiger partial charge on any atom is 0.225 e. The van der Waals surface area contributed by atoms with Crippen LogP contribution in [-0.2, 0) is 11.2 Å². The number of rotatable bonds is 4. The lowest BCUT2D eigenvalue weighted by molar-refractivity contribution is -0.136. The zero-order chi connectivity index (χ0) is 20.3. The quantitative estimate of drug-likeness (QED) is 0.804. The van der Waals surface area contributed by atoms with Gasteiger partial charge in [0.05, 0.1) is 6.20 Å². The lowest BCUT2D eigenvalue weighted by Crippen LogP contribution is -2.38. The van der Waals surface area contributed by atoms with Crippen LogP contribution in [0.2, 0.25) is 0 Å². The molecule has 1 aliphatic carbocycles. The van der Waals surface area contributed by atoms with E-state index >= 15 is 0 Å². The Hall–Kier alpha value is -2.30. The van der Waals surface area contributed by atoms with Crippen LogP contribution in [0.3, 0.4) is 0 Å². The average Bonchev–Trinajstić information content (AvgIpc) is 3.40. The van der Waals surface area contributed by atoms with Crippen LogP contribution in [0.25, 0.3) is 11.1 Å². The van der Waals surface area contributed by atoms with Gasteiger partial charge >= 0.3 is 0 Å². The summed E-state index contributed by atoms with van der Waals surface area (Å²) in [4.78, 5) is 17.7. The van der Waals surface area contributed by atoms with Crippen molar-refractivity contribution in [3.05, 3.63) is 36.2 Å². The number of likely N-dealkylation sites (tertiary alicyclic amines) is 1. The Morgan fingerprint density at radius 2 is 1.90 bits per heavy atom. The molecule has 0 bridgehead atoms. The molecule has 0 radical (unpaired) electrons. The predicted octanol–water partition coefficient (Wildman–Crippen LogP) is 4.65. The van der Waals surface area contributed by atoms with E-state index in [2.05, 4.69) is 38.2 Å². The molecular formula is C25H34N4O. The highest BCUT2D eigenvalue weighted by molar-refractivity contribution is 5.79. The number of nitrogens with one attached hydrogen (secondary N) is 1. The standard InChI is InChI=1S/C25H34N4O/c30-25(20-6-2-1-3-7-20)28-12-4-5-19(10-13-28)18-29-14-11-22-15-21(8-9-24(22)29)23-16-26-27-17-23/h8-9,15-17,19-20H,1-7,10-14,18H2,(H,26,27). The number of hydrogen-bond donors (Lipinski definition) is 1. The molecule has 1 aromatic carbocycles. The summed E-state index contributed by atoms with van der Waals surface area (Å²) in [7, 11) is 0. The van der Waals surface area contributed by atoms with Crippen molar-refractivity contribution in [2.45, 2.75) is 57.8 Å². The average molecular weight is 407 g/mol. The number of benzene rings is 1. The first kappa shape index (κ1) is 19.7. The van der Waals surface area contributed by atoms with Crippen molar-refractivity contribution in [1.29, 1.82) is 0 Å². The Kier molecular flexibility index (Phi) is 5.78. The second-order valence-corrected chi connectivity index (χ2v) is 9.48. The third kappa shape index (κ3) is 4.12. The minimum Gasteiger partial charge on any atom is -0.371 e. The maximum absolute atomic E-state index is 13.0. The molecule has 5 nitrogen and oxygen atoms in total. The second kappa shape index (κ2) is 8.83. The van der Waals surface area contributed by atoms with Gasteiger partial charge in [-0.15, -0.1) is 0 Å². The van der Waals surface area contributed by atoms with E-state index in [1.165, 1.54) is 42.5 Å². The smallest absolute Gasteiger partial charge is 0.225 e. The van der Waals surface area contributed by atoms with Gasteiger partial charge in [0, 0.05) is 49.5 Å². The monoisotopic (exact) mass is 406 g/mol. The van der Waals surface area contributed by atoms with Crippen LogP contribution in [0.1, 0.15) is 56.9 Å². The molecule has 30 heavy (non-hydrogen) atoms. The number of carbonyl (C=O) groups excluding carboxylic acids is 1. The van der Waals surface area contributed by atoms with Crippen LogP contribution in [0, 0.1) is 11.8 Å². The molecule has 1 atom stereocenters. The molecule has 160 valence electrons. The molecule has 3 heterocycles. The van der Waals surface area contributed by atoms with E-state index in [4.69, 9.17) is 0 Å². The highest BCUT2D eigenvalue weighted by Crippen LogP contribution is 2.34. The Morgan fingerprint density at radius 1 is 1.00 bits per heavy atom.